The Morgan fingerprint density at radius 3 is 2.31 bits per heavy atom. The minimum absolute atomic E-state index is 0.386. The predicted octanol–water partition coefficient (Wildman–Crippen LogP) is 3.61. The van der Waals surface area contributed by atoms with E-state index in [2.05, 4.69) is 27.7 Å². The second kappa shape index (κ2) is 2.85. The van der Waals surface area contributed by atoms with E-state index < -0.39 is 0 Å². The van der Waals surface area contributed by atoms with Gasteiger partial charge in [0.25, 0.3) is 0 Å². The van der Waals surface area contributed by atoms with Crippen LogP contribution in [-0.4, -0.2) is 10.7 Å². The van der Waals surface area contributed by atoms with E-state index in [9.17, 15) is 5.11 Å². The first-order valence-corrected chi connectivity index (χ1v) is 6.97. The molecule has 0 unspecified atom stereocenters. The smallest absolute Gasteiger partial charge is 0.0651 e. The summed E-state index contributed by atoms with van der Waals surface area (Å²) in [6.07, 6.45) is 6.33. The van der Waals surface area contributed by atoms with Crippen molar-refractivity contribution in [2.24, 2.45) is 28.6 Å². The highest BCUT2D eigenvalue weighted by Gasteiger charge is 2.64. The number of fused-ring (bicyclic) bond motifs is 3. The number of aliphatic hydroxyl groups is 1. The van der Waals surface area contributed by atoms with Gasteiger partial charge in [-0.15, -0.1) is 0 Å². The predicted molar refractivity (Wildman–Crippen MR) is 66.1 cm³/mol. The Hall–Kier alpha value is -0.0400. The molecule has 3 aliphatic rings. The van der Waals surface area contributed by atoms with Gasteiger partial charge >= 0.3 is 0 Å². The zero-order chi connectivity index (χ0) is 11.8. The Morgan fingerprint density at radius 1 is 0.938 bits per heavy atom. The van der Waals surface area contributed by atoms with Crippen molar-refractivity contribution in [2.45, 2.75) is 65.4 Å². The number of hydrogen-bond acceptors (Lipinski definition) is 1. The molecular weight excluding hydrogens is 196 g/mol. The van der Waals surface area contributed by atoms with Gasteiger partial charge in [-0.05, 0) is 67.6 Å². The van der Waals surface area contributed by atoms with Crippen LogP contribution in [0.2, 0.25) is 0 Å². The molecular formula is C15H26O. The lowest BCUT2D eigenvalue weighted by molar-refractivity contribution is -0.0127. The summed E-state index contributed by atoms with van der Waals surface area (Å²) in [5.74, 6) is 2.31. The van der Waals surface area contributed by atoms with Crippen LogP contribution in [0.4, 0.5) is 0 Å². The molecule has 3 saturated carbocycles. The average Bonchev–Trinajstić information content (AvgIpc) is 2.64. The molecule has 0 aromatic rings. The highest BCUT2D eigenvalue weighted by atomic mass is 16.3. The van der Waals surface area contributed by atoms with Gasteiger partial charge in [0.05, 0.1) is 5.60 Å². The molecule has 0 spiro atoms. The summed E-state index contributed by atoms with van der Waals surface area (Å²) < 4.78 is 0. The van der Waals surface area contributed by atoms with Crippen LogP contribution >= 0.6 is 0 Å². The Balaban J connectivity index is 1.96. The lowest BCUT2D eigenvalue weighted by Gasteiger charge is -2.36. The van der Waals surface area contributed by atoms with Crippen LogP contribution in [0.15, 0.2) is 0 Å². The molecule has 0 aliphatic heterocycles. The van der Waals surface area contributed by atoms with Crippen LogP contribution in [0.5, 0.6) is 0 Å². The molecule has 5 atom stereocenters. The van der Waals surface area contributed by atoms with E-state index in [1.54, 1.807) is 0 Å². The Morgan fingerprint density at radius 2 is 1.62 bits per heavy atom. The molecule has 1 N–H and O–H groups in total. The molecule has 0 heterocycles. The van der Waals surface area contributed by atoms with Gasteiger partial charge in [0.15, 0.2) is 0 Å². The second-order valence-corrected chi connectivity index (χ2v) is 8.09. The fraction of sp³-hybridized carbons (Fsp3) is 1.00. The molecule has 92 valence electrons. The highest BCUT2D eigenvalue weighted by molar-refractivity contribution is 5.13. The quantitative estimate of drug-likeness (QED) is 0.664. The largest absolute Gasteiger partial charge is 0.390 e. The molecule has 0 aromatic heterocycles. The van der Waals surface area contributed by atoms with Gasteiger partial charge in [0.2, 0.25) is 0 Å². The third-order valence-electron chi connectivity index (χ3n) is 6.12. The van der Waals surface area contributed by atoms with Gasteiger partial charge in [-0.1, -0.05) is 20.8 Å². The van der Waals surface area contributed by atoms with Gasteiger partial charge in [0.1, 0.15) is 0 Å². The first kappa shape index (κ1) is 11.1. The van der Waals surface area contributed by atoms with Crippen molar-refractivity contribution >= 4 is 0 Å². The summed E-state index contributed by atoms with van der Waals surface area (Å²) >= 11 is 0. The van der Waals surface area contributed by atoms with Gasteiger partial charge in [-0.3, -0.25) is 0 Å². The van der Waals surface area contributed by atoms with Crippen molar-refractivity contribution in [3.8, 4) is 0 Å². The fourth-order valence-corrected chi connectivity index (χ4v) is 5.00. The summed E-state index contributed by atoms with van der Waals surface area (Å²) in [6, 6.07) is 0. The minimum Gasteiger partial charge on any atom is -0.390 e. The summed E-state index contributed by atoms with van der Waals surface area (Å²) in [4.78, 5) is 0. The Kier molecular flexibility index (Phi) is 1.98. The minimum atomic E-state index is -0.386. The third-order valence-corrected chi connectivity index (χ3v) is 6.12. The van der Waals surface area contributed by atoms with Crippen LogP contribution in [0.1, 0.15) is 59.8 Å². The van der Waals surface area contributed by atoms with E-state index in [-0.39, 0.29) is 5.60 Å². The standard InChI is InChI=1S/C15H26O/c1-13(2)7-10-8-14(10,3)11-5-6-15(4,16)12(11)9-13/h10-12,16H,5-9H2,1-4H3/t10-,11+,12-,14+,15+/m0/s1. The summed E-state index contributed by atoms with van der Waals surface area (Å²) in [5.41, 5.74) is 0.636. The van der Waals surface area contributed by atoms with Gasteiger partial charge < -0.3 is 5.11 Å². The lowest BCUT2D eigenvalue weighted by atomic mass is 9.72. The molecule has 16 heavy (non-hydrogen) atoms. The highest BCUT2D eigenvalue weighted by Crippen LogP contribution is 2.70. The van der Waals surface area contributed by atoms with Gasteiger partial charge in [0, 0.05) is 0 Å². The number of hydrogen-bond donors (Lipinski definition) is 1. The van der Waals surface area contributed by atoms with Crippen molar-refractivity contribution in [2.75, 3.05) is 0 Å². The maximum absolute atomic E-state index is 10.6. The normalized spacial score (nSPS) is 58.7. The average molecular weight is 222 g/mol. The molecule has 0 saturated heterocycles. The first-order valence-electron chi connectivity index (χ1n) is 6.97. The summed E-state index contributed by atoms with van der Waals surface area (Å²) in [5, 5.41) is 10.6. The second-order valence-electron chi connectivity index (χ2n) is 8.09. The maximum atomic E-state index is 10.6. The molecule has 3 fully saturated rings. The first-order chi connectivity index (χ1) is 7.25. The third kappa shape index (κ3) is 1.40. The SMILES string of the molecule is CC1(C)C[C@H]2C[C@@]2(C)[C@@H]2CC[C@@](C)(O)[C@H]2C1. The van der Waals surface area contributed by atoms with Crippen LogP contribution in [0.3, 0.4) is 0 Å². The molecule has 1 nitrogen and oxygen atoms in total. The zero-order valence-corrected chi connectivity index (χ0v) is 11.2. The van der Waals surface area contributed by atoms with E-state index in [1.165, 1.54) is 25.7 Å². The molecule has 3 aliphatic carbocycles. The van der Waals surface area contributed by atoms with E-state index >= 15 is 0 Å². The molecule has 0 bridgehead atoms. The molecule has 0 radical (unpaired) electrons. The lowest BCUT2D eigenvalue weighted by Crippen LogP contribution is -2.36. The van der Waals surface area contributed by atoms with E-state index in [0.29, 0.717) is 16.7 Å². The summed E-state index contributed by atoms with van der Waals surface area (Å²) in [6.45, 7) is 9.38. The van der Waals surface area contributed by atoms with Crippen LogP contribution < -0.4 is 0 Å². The van der Waals surface area contributed by atoms with E-state index in [1.807, 2.05) is 0 Å². The zero-order valence-electron chi connectivity index (χ0n) is 11.2. The molecule has 0 aromatic carbocycles. The van der Waals surface area contributed by atoms with Crippen molar-refractivity contribution in [1.29, 1.82) is 0 Å². The Bertz CT molecular complexity index is 317. The van der Waals surface area contributed by atoms with Crippen LogP contribution in [-0.2, 0) is 0 Å². The van der Waals surface area contributed by atoms with Crippen molar-refractivity contribution in [3.63, 3.8) is 0 Å². The molecule has 0 amide bonds. The van der Waals surface area contributed by atoms with Crippen molar-refractivity contribution in [3.05, 3.63) is 0 Å². The summed E-state index contributed by atoms with van der Waals surface area (Å²) in [7, 11) is 0. The maximum Gasteiger partial charge on any atom is 0.0651 e. The monoisotopic (exact) mass is 222 g/mol. The van der Waals surface area contributed by atoms with Crippen LogP contribution in [0, 0.1) is 28.6 Å². The number of rotatable bonds is 0. The van der Waals surface area contributed by atoms with E-state index in [4.69, 9.17) is 0 Å². The molecule has 1 heteroatoms. The van der Waals surface area contributed by atoms with Gasteiger partial charge in [-0.2, -0.15) is 0 Å². The Labute approximate surface area is 99.6 Å². The molecule has 3 rings (SSSR count). The van der Waals surface area contributed by atoms with Crippen molar-refractivity contribution < 1.29 is 5.11 Å². The van der Waals surface area contributed by atoms with Crippen LogP contribution in [0.25, 0.3) is 0 Å². The van der Waals surface area contributed by atoms with Crippen molar-refractivity contribution in [1.82, 2.24) is 0 Å². The van der Waals surface area contributed by atoms with Gasteiger partial charge in [-0.25, -0.2) is 0 Å². The fourth-order valence-electron chi connectivity index (χ4n) is 5.00. The van der Waals surface area contributed by atoms with E-state index in [0.717, 1.165) is 18.3 Å². The topological polar surface area (TPSA) is 20.2 Å².